The Labute approximate surface area is 344 Å². The fourth-order valence-corrected chi connectivity index (χ4v) is 7.55. The Hall–Kier alpha value is -1.39. The fraction of sp³-hybridized carbons (Fsp3) is 0.863. The van der Waals surface area contributed by atoms with E-state index >= 15 is 0 Å². The molecule has 0 aromatic heterocycles. The van der Waals surface area contributed by atoms with Crippen LogP contribution in [0.25, 0.3) is 0 Å². The SMILES string of the molecule is CCCC/C=C/C(O)C(CO)NC(=O)CCCCCCCCCCCCCCCCCCCCCCCCCCCCC/C=C\C/C=C\CCCCCCC. The quantitative estimate of drug-likeness (QED) is 0.0426. The van der Waals surface area contributed by atoms with Crippen LogP contribution in [-0.4, -0.2) is 34.9 Å². The summed E-state index contributed by atoms with van der Waals surface area (Å²) in [6.07, 6.45) is 63.6. The van der Waals surface area contributed by atoms with Gasteiger partial charge in [0.1, 0.15) is 0 Å². The second-order valence-corrected chi connectivity index (χ2v) is 16.9. The molecule has 0 heterocycles. The summed E-state index contributed by atoms with van der Waals surface area (Å²) in [5.41, 5.74) is 0. The zero-order chi connectivity index (χ0) is 40.0. The first-order chi connectivity index (χ1) is 27.2. The molecule has 3 N–H and O–H groups in total. The summed E-state index contributed by atoms with van der Waals surface area (Å²) in [5.74, 6) is -0.0698. The average molecular weight is 772 g/mol. The van der Waals surface area contributed by atoms with Crippen molar-refractivity contribution in [3.05, 3.63) is 36.5 Å². The molecule has 0 aliphatic heterocycles. The van der Waals surface area contributed by atoms with Crippen molar-refractivity contribution in [2.24, 2.45) is 0 Å². The number of nitrogens with one attached hydrogen (secondary N) is 1. The van der Waals surface area contributed by atoms with E-state index in [1.165, 1.54) is 205 Å². The van der Waals surface area contributed by atoms with E-state index in [9.17, 15) is 15.0 Å². The molecule has 0 saturated carbocycles. The maximum absolute atomic E-state index is 12.2. The van der Waals surface area contributed by atoms with Gasteiger partial charge in [-0.25, -0.2) is 0 Å². The molecule has 55 heavy (non-hydrogen) atoms. The van der Waals surface area contributed by atoms with Crippen molar-refractivity contribution in [2.45, 2.75) is 276 Å². The van der Waals surface area contributed by atoms with Gasteiger partial charge in [0.25, 0.3) is 0 Å². The van der Waals surface area contributed by atoms with Crippen LogP contribution in [0.3, 0.4) is 0 Å². The van der Waals surface area contributed by atoms with Crippen molar-refractivity contribution in [3.63, 3.8) is 0 Å². The first kappa shape index (κ1) is 53.6. The smallest absolute Gasteiger partial charge is 0.220 e. The number of hydrogen-bond donors (Lipinski definition) is 3. The van der Waals surface area contributed by atoms with E-state index in [1.807, 2.05) is 6.08 Å². The Morgan fingerprint density at radius 2 is 0.764 bits per heavy atom. The van der Waals surface area contributed by atoms with Gasteiger partial charge < -0.3 is 15.5 Å². The molecule has 324 valence electrons. The monoisotopic (exact) mass is 772 g/mol. The van der Waals surface area contributed by atoms with E-state index in [-0.39, 0.29) is 12.5 Å². The molecule has 2 unspecified atom stereocenters. The second kappa shape index (κ2) is 47.0. The minimum absolute atomic E-state index is 0.0698. The number of rotatable bonds is 45. The molecule has 4 heteroatoms. The van der Waals surface area contributed by atoms with Gasteiger partial charge in [-0.05, 0) is 44.9 Å². The van der Waals surface area contributed by atoms with Crippen molar-refractivity contribution in [1.29, 1.82) is 0 Å². The lowest BCUT2D eigenvalue weighted by molar-refractivity contribution is -0.123. The molecule has 0 aliphatic carbocycles. The van der Waals surface area contributed by atoms with Gasteiger partial charge in [-0.15, -0.1) is 0 Å². The zero-order valence-corrected chi connectivity index (χ0v) is 37.2. The Morgan fingerprint density at radius 3 is 1.13 bits per heavy atom. The van der Waals surface area contributed by atoms with E-state index in [4.69, 9.17) is 0 Å². The van der Waals surface area contributed by atoms with Gasteiger partial charge >= 0.3 is 0 Å². The van der Waals surface area contributed by atoms with Gasteiger partial charge in [-0.1, -0.05) is 249 Å². The van der Waals surface area contributed by atoms with Gasteiger partial charge in [-0.2, -0.15) is 0 Å². The summed E-state index contributed by atoms with van der Waals surface area (Å²) in [4.78, 5) is 12.2. The van der Waals surface area contributed by atoms with Crippen LogP contribution in [0.15, 0.2) is 36.5 Å². The summed E-state index contributed by atoms with van der Waals surface area (Å²) < 4.78 is 0. The molecular formula is C51H97NO3. The summed E-state index contributed by atoms with van der Waals surface area (Å²) in [6, 6.07) is -0.615. The Bertz CT molecular complexity index is 836. The molecule has 1 amide bonds. The molecule has 0 aromatic carbocycles. The van der Waals surface area contributed by atoms with Gasteiger partial charge in [0, 0.05) is 6.42 Å². The molecular weight excluding hydrogens is 675 g/mol. The third-order valence-electron chi connectivity index (χ3n) is 11.4. The highest BCUT2D eigenvalue weighted by atomic mass is 16.3. The van der Waals surface area contributed by atoms with Crippen molar-refractivity contribution in [3.8, 4) is 0 Å². The standard InChI is InChI=1S/C51H97NO3/c1-3-5-7-9-10-11-12-13-14-15-16-17-18-19-20-21-22-23-24-25-26-27-28-29-30-31-32-33-34-35-36-37-38-39-40-41-42-43-45-47-51(55)52-49(48-53)50(54)46-44-8-6-4-2/h12-13,15-16,44,46,49-50,53-54H,3-11,14,17-43,45,47-48H2,1-2H3,(H,52,55)/b13-12-,16-15-,46-44+. The van der Waals surface area contributed by atoms with Gasteiger partial charge in [0.2, 0.25) is 5.91 Å². The average Bonchev–Trinajstić information content (AvgIpc) is 3.19. The van der Waals surface area contributed by atoms with E-state index in [0.717, 1.165) is 38.5 Å². The summed E-state index contributed by atoms with van der Waals surface area (Å²) in [6.45, 7) is 4.17. The van der Waals surface area contributed by atoms with Crippen LogP contribution in [0.2, 0.25) is 0 Å². The lowest BCUT2D eigenvalue weighted by Crippen LogP contribution is -2.45. The summed E-state index contributed by atoms with van der Waals surface area (Å²) in [5, 5.41) is 22.5. The first-order valence-electron chi connectivity index (χ1n) is 24.7. The number of unbranched alkanes of at least 4 members (excludes halogenated alkanes) is 34. The van der Waals surface area contributed by atoms with E-state index in [1.54, 1.807) is 6.08 Å². The first-order valence-corrected chi connectivity index (χ1v) is 24.7. The normalized spacial score (nSPS) is 13.2. The highest BCUT2D eigenvalue weighted by Crippen LogP contribution is 2.17. The number of aliphatic hydroxyl groups is 2. The third-order valence-corrected chi connectivity index (χ3v) is 11.4. The predicted octanol–water partition coefficient (Wildman–Crippen LogP) is 15.7. The number of hydrogen-bond acceptors (Lipinski definition) is 3. The summed E-state index contributed by atoms with van der Waals surface area (Å²) in [7, 11) is 0. The lowest BCUT2D eigenvalue weighted by Gasteiger charge is -2.19. The predicted molar refractivity (Wildman–Crippen MR) is 244 cm³/mol. The van der Waals surface area contributed by atoms with Crippen LogP contribution in [-0.2, 0) is 4.79 Å². The van der Waals surface area contributed by atoms with Gasteiger partial charge in [0.15, 0.2) is 0 Å². The minimum Gasteiger partial charge on any atom is -0.394 e. The van der Waals surface area contributed by atoms with Gasteiger partial charge in [0.05, 0.1) is 18.8 Å². The highest BCUT2D eigenvalue weighted by molar-refractivity contribution is 5.76. The minimum atomic E-state index is -0.832. The van der Waals surface area contributed by atoms with Crippen molar-refractivity contribution in [2.75, 3.05) is 6.61 Å². The van der Waals surface area contributed by atoms with E-state index < -0.39 is 12.1 Å². The number of amides is 1. The van der Waals surface area contributed by atoms with Crippen molar-refractivity contribution < 1.29 is 15.0 Å². The number of aliphatic hydroxyl groups excluding tert-OH is 2. The Morgan fingerprint density at radius 1 is 0.436 bits per heavy atom. The van der Waals surface area contributed by atoms with Crippen LogP contribution >= 0.6 is 0 Å². The van der Waals surface area contributed by atoms with Gasteiger partial charge in [-0.3, -0.25) is 4.79 Å². The summed E-state index contributed by atoms with van der Waals surface area (Å²) >= 11 is 0. The molecule has 4 nitrogen and oxygen atoms in total. The zero-order valence-electron chi connectivity index (χ0n) is 37.2. The van der Waals surface area contributed by atoms with Crippen molar-refractivity contribution >= 4 is 5.91 Å². The molecule has 0 fully saturated rings. The van der Waals surface area contributed by atoms with Crippen LogP contribution in [0.4, 0.5) is 0 Å². The Balaban J connectivity index is 3.27. The molecule has 0 spiro atoms. The third kappa shape index (κ3) is 43.6. The lowest BCUT2D eigenvalue weighted by atomic mass is 10.0. The number of carbonyl (C=O) groups is 1. The molecule has 0 rings (SSSR count). The molecule has 0 aliphatic rings. The molecule has 2 atom stereocenters. The van der Waals surface area contributed by atoms with Crippen LogP contribution in [0, 0.1) is 0 Å². The highest BCUT2D eigenvalue weighted by Gasteiger charge is 2.17. The maximum atomic E-state index is 12.2. The topological polar surface area (TPSA) is 69.6 Å². The van der Waals surface area contributed by atoms with Crippen LogP contribution < -0.4 is 5.32 Å². The van der Waals surface area contributed by atoms with Crippen molar-refractivity contribution in [1.82, 2.24) is 5.32 Å². The second-order valence-electron chi connectivity index (χ2n) is 16.9. The number of carbonyl (C=O) groups excluding carboxylic acids is 1. The number of allylic oxidation sites excluding steroid dienone is 5. The molecule has 0 bridgehead atoms. The Kier molecular flexibility index (Phi) is 45.8. The largest absolute Gasteiger partial charge is 0.394 e. The van der Waals surface area contributed by atoms with Crippen LogP contribution in [0.5, 0.6) is 0 Å². The molecule has 0 aromatic rings. The van der Waals surface area contributed by atoms with E-state index in [0.29, 0.717) is 6.42 Å². The fourth-order valence-electron chi connectivity index (χ4n) is 7.55. The molecule has 0 radical (unpaired) electrons. The maximum Gasteiger partial charge on any atom is 0.220 e. The molecule has 0 saturated heterocycles. The van der Waals surface area contributed by atoms with E-state index in [2.05, 4.69) is 43.5 Å². The van der Waals surface area contributed by atoms with Crippen LogP contribution in [0.1, 0.15) is 264 Å².